The lowest BCUT2D eigenvalue weighted by molar-refractivity contribution is 0.518. The molecule has 3 nitrogen and oxygen atoms in total. The van der Waals surface area contributed by atoms with E-state index >= 15 is 0 Å². The molecule has 2 unspecified atom stereocenters. The summed E-state index contributed by atoms with van der Waals surface area (Å²) in [5, 5.41) is 6.22. The third-order valence-electron chi connectivity index (χ3n) is 16.0. The maximum Gasteiger partial charge on any atom is 0.134 e. The van der Waals surface area contributed by atoms with Crippen molar-refractivity contribution in [1.29, 1.82) is 0 Å². The first-order valence-electron chi connectivity index (χ1n) is 26.2. The van der Waals surface area contributed by atoms with Gasteiger partial charge in [-0.2, -0.15) is 0 Å². The summed E-state index contributed by atoms with van der Waals surface area (Å²) in [5.41, 5.74) is 18.4. The van der Waals surface area contributed by atoms with E-state index in [2.05, 4.69) is 236 Å². The number of para-hydroxylation sites is 3. The molecule has 11 aromatic rings. The van der Waals surface area contributed by atoms with Crippen molar-refractivity contribution in [1.82, 2.24) is 4.40 Å². The molecule has 0 radical (unpaired) electrons. The summed E-state index contributed by atoms with van der Waals surface area (Å²) in [6.07, 6.45) is 20.1. The number of hydrogen-bond donors (Lipinski definition) is 0. The van der Waals surface area contributed by atoms with Gasteiger partial charge in [0.05, 0.1) is 28.0 Å². The first-order valence-corrected chi connectivity index (χ1v) is 26.2. The van der Waals surface area contributed by atoms with Crippen molar-refractivity contribution < 1.29 is 4.42 Å². The Balaban J connectivity index is 0.951. The molecule has 3 aromatic heterocycles. The molecule has 0 amide bonds. The van der Waals surface area contributed by atoms with E-state index in [-0.39, 0.29) is 12.0 Å². The van der Waals surface area contributed by atoms with Gasteiger partial charge in [-0.05, 0) is 129 Å². The predicted octanol–water partition coefficient (Wildman–Crippen LogP) is 19.0. The number of hydrogen-bond acceptors (Lipinski definition) is 2. The topological polar surface area (TPSA) is 20.8 Å². The molecule has 8 aromatic carbocycles. The fraction of sp³-hybridized carbons (Fsp3) is 0.0685. The second-order valence-corrected chi connectivity index (χ2v) is 20.2. The molecule has 3 heterocycles. The van der Waals surface area contributed by atoms with Crippen LogP contribution in [0, 0.1) is 0 Å². The Hall–Kier alpha value is -9.44. The number of aromatic nitrogens is 1. The van der Waals surface area contributed by atoms with Gasteiger partial charge in [0.25, 0.3) is 0 Å². The van der Waals surface area contributed by atoms with Gasteiger partial charge in [-0.1, -0.05) is 214 Å². The van der Waals surface area contributed by atoms with E-state index in [0.29, 0.717) is 0 Å². The van der Waals surface area contributed by atoms with Crippen molar-refractivity contribution in [3.63, 3.8) is 0 Å². The molecule has 76 heavy (non-hydrogen) atoms. The first-order chi connectivity index (χ1) is 37.3. The average molecular weight is 977 g/mol. The summed E-state index contributed by atoms with van der Waals surface area (Å²) in [7, 11) is 0. The number of anilines is 1. The van der Waals surface area contributed by atoms with Crippen molar-refractivity contribution in [3.8, 4) is 22.3 Å². The Morgan fingerprint density at radius 3 is 2.00 bits per heavy atom. The molecule has 2 atom stereocenters. The molecular weight excluding hydrogens is 921 g/mol. The van der Waals surface area contributed by atoms with Crippen LogP contribution in [0.2, 0.25) is 0 Å². The van der Waals surface area contributed by atoms with E-state index in [1.807, 2.05) is 36.4 Å². The van der Waals surface area contributed by atoms with Gasteiger partial charge < -0.3 is 13.7 Å². The van der Waals surface area contributed by atoms with E-state index in [1.165, 1.54) is 88.2 Å². The molecule has 0 saturated carbocycles. The number of benzene rings is 8. The molecule has 0 bridgehead atoms. The number of allylic oxidation sites excluding steroid dienone is 10. The Morgan fingerprint density at radius 2 is 1.26 bits per heavy atom. The molecule has 2 aliphatic carbocycles. The van der Waals surface area contributed by atoms with E-state index in [9.17, 15) is 0 Å². The van der Waals surface area contributed by atoms with Crippen LogP contribution < -0.4 is 4.90 Å². The zero-order chi connectivity index (χ0) is 51.5. The predicted molar refractivity (Wildman–Crippen MR) is 322 cm³/mol. The quantitative estimate of drug-likeness (QED) is 0.0754. The molecular formula is C73H56N2O. The van der Waals surface area contributed by atoms with Crippen molar-refractivity contribution in [2.45, 2.75) is 30.2 Å². The molecule has 364 valence electrons. The van der Waals surface area contributed by atoms with Gasteiger partial charge in [-0.3, -0.25) is 0 Å². The molecule has 0 saturated heterocycles. The third kappa shape index (κ3) is 7.41. The minimum absolute atomic E-state index is 0.0378. The van der Waals surface area contributed by atoms with Crippen LogP contribution in [0.1, 0.15) is 46.8 Å². The monoisotopic (exact) mass is 976 g/mol. The highest BCUT2D eigenvalue weighted by atomic mass is 16.3. The van der Waals surface area contributed by atoms with E-state index in [4.69, 9.17) is 11.0 Å². The normalized spacial score (nSPS) is 15.2. The van der Waals surface area contributed by atoms with Crippen molar-refractivity contribution in [2.24, 2.45) is 0 Å². The maximum atomic E-state index is 6.48. The first kappa shape index (κ1) is 46.4. The highest BCUT2D eigenvalue weighted by Crippen LogP contribution is 2.58. The molecule has 0 spiro atoms. The number of furan rings is 1. The number of nitrogens with zero attached hydrogens (tertiary/aromatic N) is 2. The Labute approximate surface area is 444 Å². The van der Waals surface area contributed by atoms with E-state index in [1.54, 1.807) is 6.08 Å². The molecule has 0 aliphatic heterocycles. The summed E-state index contributed by atoms with van der Waals surface area (Å²) >= 11 is 0. The molecule has 2 aliphatic rings. The van der Waals surface area contributed by atoms with Crippen LogP contribution in [-0.2, 0) is 5.41 Å². The van der Waals surface area contributed by atoms with Gasteiger partial charge >= 0.3 is 0 Å². The summed E-state index contributed by atoms with van der Waals surface area (Å²) in [4.78, 5) is 2.39. The fourth-order valence-corrected chi connectivity index (χ4v) is 12.5. The lowest BCUT2D eigenvalue weighted by Gasteiger charge is -2.37. The van der Waals surface area contributed by atoms with Crippen molar-refractivity contribution in [2.75, 3.05) is 4.90 Å². The number of fused-ring (bicyclic) bond motifs is 10. The molecule has 0 N–H and O–H groups in total. The van der Waals surface area contributed by atoms with Gasteiger partial charge in [0.1, 0.15) is 11.3 Å². The second-order valence-electron chi connectivity index (χ2n) is 20.2. The van der Waals surface area contributed by atoms with Crippen molar-refractivity contribution in [3.05, 3.63) is 326 Å². The highest BCUT2D eigenvalue weighted by molar-refractivity contribution is 6.23. The Morgan fingerprint density at radius 1 is 0.618 bits per heavy atom. The van der Waals surface area contributed by atoms with Gasteiger partial charge in [-0.15, -0.1) is 6.58 Å². The SMILES string of the molecule is C=CC=CC(=C)C(=C)C=CC(=C)N(c1ccc2c(c1)C(c1ccccc1)(c1ccccc1)c1cc(-c3ccc4c(c3)c3cccc5c6ccccc6n4c53)ccc1-2)C1C=CC(C(CC=C)c2cc3ccccc3o2)=CC1. The van der Waals surface area contributed by atoms with Crippen LogP contribution in [0.3, 0.4) is 0 Å². The second kappa shape index (κ2) is 18.8. The van der Waals surface area contributed by atoms with E-state index in [0.717, 1.165) is 52.1 Å². The van der Waals surface area contributed by atoms with Crippen molar-refractivity contribution >= 4 is 54.8 Å². The molecule has 0 fully saturated rings. The van der Waals surface area contributed by atoms with Gasteiger partial charge in [0, 0.05) is 44.2 Å². The van der Waals surface area contributed by atoms with Crippen LogP contribution in [0.5, 0.6) is 0 Å². The summed E-state index contributed by atoms with van der Waals surface area (Å²) in [5.74, 6) is 0.984. The zero-order valence-electron chi connectivity index (χ0n) is 42.5. The smallest absolute Gasteiger partial charge is 0.134 e. The van der Waals surface area contributed by atoms with Gasteiger partial charge in [0.2, 0.25) is 0 Å². The minimum atomic E-state index is -0.662. The van der Waals surface area contributed by atoms with Gasteiger partial charge in [0.15, 0.2) is 0 Å². The maximum absolute atomic E-state index is 6.48. The van der Waals surface area contributed by atoms with Crippen LogP contribution in [0.15, 0.2) is 302 Å². The minimum Gasteiger partial charge on any atom is -0.460 e. The van der Waals surface area contributed by atoms with Gasteiger partial charge in [-0.25, -0.2) is 0 Å². The molecule has 3 heteroatoms. The van der Waals surface area contributed by atoms with E-state index < -0.39 is 5.41 Å². The molecule has 13 rings (SSSR count). The number of rotatable bonds is 15. The van der Waals surface area contributed by atoms with Crippen LogP contribution in [0.25, 0.3) is 71.3 Å². The third-order valence-corrected chi connectivity index (χ3v) is 16.0. The average Bonchev–Trinajstić information content (AvgIpc) is 4.29. The highest BCUT2D eigenvalue weighted by Gasteiger charge is 2.47. The zero-order valence-corrected chi connectivity index (χ0v) is 42.5. The van der Waals surface area contributed by atoms with Crippen LogP contribution in [-0.4, -0.2) is 10.4 Å². The van der Waals surface area contributed by atoms with Crippen LogP contribution >= 0.6 is 0 Å². The fourth-order valence-electron chi connectivity index (χ4n) is 12.5. The lowest BCUT2D eigenvalue weighted by Crippen LogP contribution is -2.34. The summed E-state index contributed by atoms with van der Waals surface area (Å²) in [6, 6.07) is 69.3. The Bertz CT molecular complexity index is 4210. The summed E-state index contributed by atoms with van der Waals surface area (Å²) in [6.45, 7) is 21.4. The largest absolute Gasteiger partial charge is 0.460 e. The summed E-state index contributed by atoms with van der Waals surface area (Å²) < 4.78 is 8.93. The standard InChI is InChI=1S/C73H56N2O/c1-6-8-21-48(3)49(4)32-33-50(5)74(57-38-34-51(35-39-57)59(20-7-2)71-46-54-22-15-18-31-70(54)76-71)58-40-42-61-60-41-36-53(45-66(60)73(67(61)47-58,55-23-11-9-12-24-55)56-25-13-10-14-26-56)52-37-43-69-65(44-52)64-29-19-28-63-62-27-16-17-30-68(62)75(69)72(63)64/h6-19,21-38,40-47,57,59H,1-5,20,39H2. The van der Waals surface area contributed by atoms with Crippen LogP contribution in [0.4, 0.5) is 5.69 Å². The lowest BCUT2D eigenvalue weighted by atomic mass is 9.67. The Kier molecular flexibility index (Phi) is 11.5.